The second-order valence-corrected chi connectivity index (χ2v) is 6.31. The molecule has 6 nitrogen and oxygen atoms in total. The molecule has 2 aromatic carbocycles. The summed E-state index contributed by atoms with van der Waals surface area (Å²) in [6, 6.07) is 15.4. The minimum atomic E-state index is -0.431. The fourth-order valence-corrected chi connectivity index (χ4v) is 2.71. The summed E-state index contributed by atoms with van der Waals surface area (Å²) in [5.74, 6) is 0.926. The van der Waals surface area contributed by atoms with Crippen LogP contribution in [-0.4, -0.2) is 22.1 Å². The van der Waals surface area contributed by atoms with Crippen molar-refractivity contribution in [1.29, 1.82) is 5.26 Å². The third kappa shape index (κ3) is 4.66. The van der Waals surface area contributed by atoms with Crippen LogP contribution in [-0.2, 0) is 11.8 Å². The number of benzene rings is 2. The summed E-state index contributed by atoms with van der Waals surface area (Å²) in [4.78, 5) is 16.8. The zero-order valence-corrected chi connectivity index (χ0v) is 15.3. The van der Waals surface area contributed by atoms with Gasteiger partial charge in [0.05, 0.1) is 11.6 Å². The van der Waals surface area contributed by atoms with E-state index in [4.69, 9.17) is 21.6 Å². The lowest BCUT2D eigenvalue weighted by atomic mass is 10.1. The van der Waals surface area contributed by atoms with Crippen LogP contribution in [0.5, 0.6) is 5.75 Å². The zero-order valence-electron chi connectivity index (χ0n) is 14.6. The summed E-state index contributed by atoms with van der Waals surface area (Å²) in [6.07, 6.45) is 3.50. The quantitative estimate of drug-likeness (QED) is 0.712. The van der Waals surface area contributed by atoms with E-state index in [0.29, 0.717) is 22.2 Å². The summed E-state index contributed by atoms with van der Waals surface area (Å²) in [5.41, 5.74) is 1.39. The van der Waals surface area contributed by atoms with Crippen LogP contribution in [0, 0.1) is 11.3 Å². The molecule has 1 atom stereocenters. The van der Waals surface area contributed by atoms with Crippen molar-refractivity contribution >= 4 is 17.5 Å². The minimum absolute atomic E-state index is 0.152. The first-order chi connectivity index (χ1) is 13.1. The van der Waals surface area contributed by atoms with E-state index < -0.39 is 6.04 Å². The van der Waals surface area contributed by atoms with E-state index in [1.165, 1.54) is 0 Å². The second-order valence-electron chi connectivity index (χ2n) is 5.87. The van der Waals surface area contributed by atoms with Crippen molar-refractivity contribution in [2.24, 2.45) is 7.05 Å². The molecule has 0 unspecified atom stereocenters. The molecule has 1 amide bonds. The lowest BCUT2D eigenvalue weighted by molar-refractivity contribution is -0.123. The van der Waals surface area contributed by atoms with Crippen LogP contribution in [0.3, 0.4) is 0 Å². The molecular formula is C20H17ClN4O2. The first kappa shape index (κ1) is 18.5. The summed E-state index contributed by atoms with van der Waals surface area (Å²) in [7, 11) is 1.87. The standard InChI is InChI=1S/C20H17ClN4O2/c1-25-11-10-23-20(25)19(15-4-6-16(21)7-5-15)24-18(26)13-27-17-8-2-14(12-22)3-9-17/h2-11,19H,13H2,1H3,(H,24,26)/t19-/m0/s1. The molecule has 27 heavy (non-hydrogen) atoms. The molecule has 1 N–H and O–H groups in total. The first-order valence-electron chi connectivity index (χ1n) is 8.22. The van der Waals surface area contributed by atoms with E-state index in [-0.39, 0.29) is 12.5 Å². The van der Waals surface area contributed by atoms with E-state index >= 15 is 0 Å². The molecule has 0 aliphatic carbocycles. The van der Waals surface area contributed by atoms with Gasteiger partial charge in [0.15, 0.2) is 6.61 Å². The van der Waals surface area contributed by atoms with Crippen molar-refractivity contribution < 1.29 is 9.53 Å². The van der Waals surface area contributed by atoms with E-state index in [0.717, 1.165) is 5.56 Å². The Bertz CT molecular complexity index is 959. The lowest BCUT2D eigenvalue weighted by Gasteiger charge is -2.19. The van der Waals surface area contributed by atoms with Crippen LogP contribution in [0.25, 0.3) is 0 Å². The molecule has 0 saturated heterocycles. The number of carbonyl (C=O) groups excluding carboxylic acids is 1. The SMILES string of the molecule is Cn1ccnc1[C@@H](NC(=O)COc1ccc(C#N)cc1)c1ccc(Cl)cc1. The zero-order chi connectivity index (χ0) is 19.2. The lowest BCUT2D eigenvalue weighted by Crippen LogP contribution is -2.34. The maximum Gasteiger partial charge on any atom is 0.258 e. The number of imidazole rings is 1. The van der Waals surface area contributed by atoms with Gasteiger partial charge in [-0.05, 0) is 42.0 Å². The molecule has 3 aromatic rings. The van der Waals surface area contributed by atoms with Crippen LogP contribution in [0.1, 0.15) is 23.0 Å². The van der Waals surface area contributed by atoms with Crippen molar-refractivity contribution in [3.63, 3.8) is 0 Å². The highest BCUT2D eigenvalue weighted by molar-refractivity contribution is 6.30. The molecular weight excluding hydrogens is 364 g/mol. The Morgan fingerprint density at radius 2 is 1.96 bits per heavy atom. The second kappa shape index (κ2) is 8.39. The summed E-state index contributed by atoms with van der Waals surface area (Å²) < 4.78 is 7.35. The number of aryl methyl sites for hydroxylation is 1. The Hall–Kier alpha value is -3.30. The van der Waals surface area contributed by atoms with Gasteiger partial charge in [0.2, 0.25) is 0 Å². The van der Waals surface area contributed by atoms with Crippen LogP contribution in [0.2, 0.25) is 5.02 Å². The molecule has 0 saturated carbocycles. The van der Waals surface area contributed by atoms with Gasteiger partial charge in [-0.25, -0.2) is 4.98 Å². The number of carbonyl (C=O) groups is 1. The smallest absolute Gasteiger partial charge is 0.258 e. The van der Waals surface area contributed by atoms with Gasteiger partial charge in [-0.3, -0.25) is 4.79 Å². The number of amides is 1. The van der Waals surface area contributed by atoms with Crippen molar-refractivity contribution in [3.8, 4) is 11.8 Å². The Morgan fingerprint density at radius 3 is 2.56 bits per heavy atom. The van der Waals surface area contributed by atoms with Gasteiger partial charge in [-0.2, -0.15) is 5.26 Å². The van der Waals surface area contributed by atoms with Crippen molar-refractivity contribution in [2.75, 3.05) is 6.61 Å². The number of nitrogens with zero attached hydrogens (tertiary/aromatic N) is 3. The molecule has 3 rings (SSSR count). The topological polar surface area (TPSA) is 79.9 Å². The summed E-state index contributed by atoms with van der Waals surface area (Å²) in [6.45, 7) is -0.152. The molecule has 0 bridgehead atoms. The van der Waals surface area contributed by atoms with Gasteiger partial charge in [0, 0.05) is 24.5 Å². The van der Waals surface area contributed by atoms with Gasteiger partial charge in [0.1, 0.15) is 17.6 Å². The molecule has 7 heteroatoms. The molecule has 136 valence electrons. The van der Waals surface area contributed by atoms with Crippen LogP contribution in [0.4, 0.5) is 0 Å². The number of nitrogens with one attached hydrogen (secondary N) is 1. The van der Waals surface area contributed by atoms with Crippen molar-refractivity contribution in [3.05, 3.63) is 82.9 Å². The normalized spacial score (nSPS) is 11.4. The van der Waals surface area contributed by atoms with E-state index in [9.17, 15) is 4.79 Å². The number of ether oxygens (including phenoxy) is 1. The average Bonchev–Trinajstić information content (AvgIpc) is 3.11. The van der Waals surface area contributed by atoms with E-state index in [1.54, 1.807) is 42.6 Å². The summed E-state index contributed by atoms with van der Waals surface area (Å²) in [5, 5.41) is 12.4. The number of nitriles is 1. The number of hydrogen-bond donors (Lipinski definition) is 1. The maximum absolute atomic E-state index is 12.4. The number of rotatable bonds is 6. The fraction of sp³-hybridized carbons (Fsp3) is 0.150. The van der Waals surface area contributed by atoms with E-state index in [1.807, 2.05) is 36.0 Å². The highest BCUT2D eigenvalue weighted by Gasteiger charge is 2.21. The van der Waals surface area contributed by atoms with Gasteiger partial charge >= 0.3 is 0 Å². The Balaban J connectivity index is 1.71. The molecule has 1 heterocycles. The van der Waals surface area contributed by atoms with Gasteiger partial charge in [-0.15, -0.1) is 0 Å². The Labute approximate surface area is 162 Å². The number of hydrogen-bond acceptors (Lipinski definition) is 4. The molecule has 1 aromatic heterocycles. The Kier molecular flexibility index (Phi) is 5.74. The third-order valence-corrected chi connectivity index (χ3v) is 4.23. The maximum atomic E-state index is 12.4. The molecule has 0 fully saturated rings. The highest BCUT2D eigenvalue weighted by Crippen LogP contribution is 2.22. The first-order valence-corrected chi connectivity index (χ1v) is 8.59. The Morgan fingerprint density at radius 1 is 1.26 bits per heavy atom. The number of halogens is 1. The van der Waals surface area contributed by atoms with Crippen LogP contribution < -0.4 is 10.1 Å². The molecule has 0 radical (unpaired) electrons. The highest BCUT2D eigenvalue weighted by atomic mass is 35.5. The summed E-state index contributed by atoms with van der Waals surface area (Å²) >= 11 is 5.97. The van der Waals surface area contributed by atoms with Crippen molar-refractivity contribution in [2.45, 2.75) is 6.04 Å². The van der Waals surface area contributed by atoms with Crippen molar-refractivity contribution in [1.82, 2.24) is 14.9 Å². The predicted octanol–water partition coefficient (Wildman–Crippen LogP) is 3.23. The van der Waals surface area contributed by atoms with E-state index in [2.05, 4.69) is 10.3 Å². The molecule has 0 aliphatic rings. The number of aromatic nitrogens is 2. The minimum Gasteiger partial charge on any atom is -0.484 e. The van der Waals surface area contributed by atoms with Crippen LogP contribution in [0.15, 0.2) is 60.9 Å². The van der Waals surface area contributed by atoms with Gasteiger partial charge in [-0.1, -0.05) is 23.7 Å². The predicted molar refractivity (Wildman–Crippen MR) is 101 cm³/mol. The monoisotopic (exact) mass is 380 g/mol. The third-order valence-electron chi connectivity index (χ3n) is 3.98. The molecule has 0 aliphatic heterocycles. The fourth-order valence-electron chi connectivity index (χ4n) is 2.58. The average molecular weight is 381 g/mol. The largest absolute Gasteiger partial charge is 0.484 e. The van der Waals surface area contributed by atoms with Gasteiger partial charge in [0.25, 0.3) is 5.91 Å². The molecule has 0 spiro atoms. The van der Waals surface area contributed by atoms with Crippen LogP contribution >= 0.6 is 11.6 Å². The van der Waals surface area contributed by atoms with Gasteiger partial charge < -0.3 is 14.6 Å².